The lowest BCUT2D eigenvalue weighted by molar-refractivity contribution is -0.0756. The van der Waals surface area contributed by atoms with Crippen LogP contribution in [0.4, 0.5) is 0 Å². The van der Waals surface area contributed by atoms with E-state index in [-0.39, 0.29) is 0 Å². The molecular formula is C14H20O3. The molecule has 0 amide bonds. The number of rotatable bonds is 5. The van der Waals surface area contributed by atoms with Gasteiger partial charge in [-0.25, -0.2) is 0 Å². The van der Waals surface area contributed by atoms with E-state index in [0.29, 0.717) is 19.1 Å². The summed E-state index contributed by atoms with van der Waals surface area (Å²) in [4.78, 5) is 0. The average Bonchev–Trinajstić information content (AvgIpc) is 2.28. The smallest absolute Gasteiger partial charge is 0.125 e. The topological polar surface area (TPSA) is 38.7 Å². The Labute approximate surface area is 102 Å². The highest BCUT2D eigenvalue weighted by Crippen LogP contribution is 2.48. The zero-order chi connectivity index (χ0) is 12.3. The van der Waals surface area contributed by atoms with Gasteiger partial charge in [-0.15, -0.1) is 0 Å². The number of hydrogen-bond donors (Lipinski definition) is 1. The summed E-state index contributed by atoms with van der Waals surface area (Å²) in [5, 5.41) is 10.5. The van der Waals surface area contributed by atoms with Crippen LogP contribution in [-0.4, -0.2) is 25.4 Å². The molecule has 1 aliphatic rings. The van der Waals surface area contributed by atoms with Crippen LogP contribution in [0.15, 0.2) is 24.3 Å². The normalized spacial score (nSPS) is 27.6. The lowest BCUT2D eigenvalue weighted by Crippen LogP contribution is -2.40. The quantitative estimate of drug-likeness (QED) is 0.797. The lowest BCUT2D eigenvalue weighted by atomic mass is 9.68. The van der Waals surface area contributed by atoms with Gasteiger partial charge in [-0.2, -0.15) is 0 Å². The largest absolute Gasteiger partial charge is 0.491 e. The molecule has 1 fully saturated rings. The predicted molar refractivity (Wildman–Crippen MR) is 66.1 cm³/mol. The summed E-state index contributed by atoms with van der Waals surface area (Å²) < 4.78 is 10.6. The minimum absolute atomic E-state index is 0.513. The van der Waals surface area contributed by atoms with Crippen molar-refractivity contribution < 1.29 is 14.6 Å². The van der Waals surface area contributed by atoms with Gasteiger partial charge in [0.25, 0.3) is 0 Å². The Balaban J connectivity index is 2.11. The summed E-state index contributed by atoms with van der Waals surface area (Å²) in [5.41, 5.74) is 0.220. The monoisotopic (exact) mass is 236 g/mol. The van der Waals surface area contributed by atoms with Crippen LogP contribution in [0.1, 0.15) is 25.3 Å². The molecule has 0 radical (unpaired) electrons. The fourth-order valence-corrected chi connectivity index (χ4v) is 2.52. The molecule has 0 heterocycles. The predicted octanol–water partition coefficient (Wildman–Crippen LogP) is 2.33. The molecule has 1 aliphatic carbocycles. The maximum atomic E-state index is 10.5. The molecule has 3 nitrogen and oxygen atoms in total. The van der Waals surface area contributed by atoms with E-state index in [9.17, 15) is 5.11 Å². The Morgan fingerprint density at radius 1 is 1.29 bits per heavy atom. The first-order valence-electron chi connectivity index (χ1n) is 6.09. The summed E-state index contributed by atoms with van der Waals surface area (Å²) in [7, 11) is 1.65. The van der Waals surface area contributed by atoms with E-state index in [1.165, 1.54) is 0 Å². The van der Waals surface area contributed by atoms with Crippen LogP contribution in [0, 0.1) is 5.92 Å². The standard InChI is InChI=1S/C14H20O3/c1-11-9-14(15,10-11)12-5-3-4-6-13(12)17-8-7-16-2/h3-6,11,15H,7-10H2,1-2H3. The lowest BCUT2D eigenvalue weighted by Gasteiger charge is -2.43. The molecular weight excluding hydrogens is 216 g/mol. The highest BCUT2D eigenvalue weighted by atomic mass is 16.5. The zero-order valence-electron chi connectivity index (χ0n) is 10.5. The van der Waals surface area contributed by atoms with Gasteiger partial charge in [0.05, 0.1) is 12.2 Å². The maximum Gasteiger partial charge on any atom is 0.125 e. The van der Waals surface area contributed by atoms with E-state index >= 15 is 0 Å². The summed E-state index contributed by atoms with van der Waals surface area (Å²) in [5.74, 6) is 1.37. The van der Waals surface area contributed by atoms with Crippen molar-refractivity contribution in [2.75, 3.05) is 20.3 Å². The molecule has 0 aromatic heterocycles. The highest BCUT2D eigenvalue weighted by Gasteiger charge is 2.43. The number of para-hydroxylation sites is 1. The van der Waals surface area contributed by atoms with Gasteiger partial charge in [0, 0.05) is 12.7 Å². The van der Waals surface area contributed by atoms with Crippen LogP contribution in [0.2, 0.25) is 0 Å². The minimum atomic E-state index is -0.691. The molecule has 0 atom stereocenters. The molecule has 0 unspecified atom stereocenters. The van der Waals surface area contributed by atoms with Crippen LogP contribution in [0.3, 0.4) is 0 Å². The van der Waals surface area contributed by atoms with Crippen molar-refractivity contribution in [2.45, 2.75) is 25.4 Å². The van der Waals surface area contributed by atoms with Gasteiger partial charge >= 0.3 is 0 Å². The third-order valence-corrected chi connectivity index (χ3v) is 3.31. The highest BCUT2D eigenvalue weighted by molar-refractivity contribution is 5.39. The Kier molecular flexibility index (Phi) is 3.69. The molecule has 0 bridgehead atoms. The van der Waals surface area contributed by atoms with Crippen LogP contribution in [-0.2, 0) is 10.3 Å². The van der Waals surface area contributed by atoms with Crippen molar-refractivity contribution in [1.29, 1.82) is 0 Å². The molecule has 2 rings (SSSR count). The number of hydrogen-bond acceptors (Lipinski definition) is 3. The SMILES string of the molecule is COCCOc1ccccc1C1(O)CC(C)C1. The number of benzene rings is 1. The fourth-order valence-electron chi connectivity index (χ4n) is 2.52. The van der Waals surface area contributed by atoms with Gasteiger partial charge in [-0.05, 0) is 24.8 Å². The van der Waals surface area contributed by atoms with Gasteiger partial charge in [-0.1, -0.05) is 25.1 Å². The van der Waals surface area contributed by atoms with Crippen molar-refractivity contribution in [3.63, 3.8) is 0 Å². The second-order valence-electron chi connectivity index (χ2n) is 4.88. The van der Waals surface area contributed by atoms with Gasteiger partial charge < -0.3 is 14.6 Å². The average molecular weight is 236 g/mol. The Morgan fingerprint density at radius 2 is 2.00 bits per heavy atom. The Bertz CT molecular complexity index is 369. The van der Waals surface area contributed by atoms with Gasteiger partial charge in [0.15, 0.2) is 0 Å². The van der Waals surface area contributed by atoms with E-state index in [2.05, 4.69) is 6.92 Å². The van der Waals surface area contributed by atoms with Crippen LogP contribution in [0.5, 0.6) is 5.75 Å². The summed E-state index contributed by atoms with van der Waals surface area (Å²) in [6.07, 6.45) is 1.63. The van der Waals surface area contributed by atoms with E-state index in [4.69, 9.17) is 9.47 Å². The summed E-state index contributed by atoms with van der Waals surface area (Å²) in [6.45, 7) is 3.23. The van der Waals surface area contributed by atoms with Gasteiger partial charge in [0.2, 0.25) is 0 Å². The number of methoxy groups -OCH3 is 1. The second-order valence-corrected chi connectivity index (χ2v) is 4.88. The zero-order valence-corrected chi connectivity index (χ0v) is 10.5. The third kappa shape index (κ3) is 2.61. The van der Waals surface area contributed by atoms with Crippen molar-refractivity contribution in [3.05, 3.63) is 29.8 Å². The third-order valence-electron chi connectivity index (χ3n) is 3.31. The maximum absolute atomic E-state index is 10.5. The van der Waals surface area contributed by atoms with Crippen molar-refractivity contribution in [3.8, 4) is 5.75 Å². The van der Waals surface area contributed by atoms with Crippen LogP contribution >= 0.6 is 0 Å². The van der Waals surface area contributed by atoms with Crippen LogP contribution in [0.25, 0.3) is 0 Å². The molecule has 1 saturated carbocycles. The Hall–Kier alpha value is -1.06. The first-order chi connectivity index (χ1) is 8.15. The molecule has 1 aromatic carbocycles. The number of ether oxygens (including phenoxy) is 2. The van der Waals surface area contributed by atoms with E-state index in [1.54, 1.807) is 7.11 Å². The first kappa shape index (κ1) is 12.4. The second kappa shape index (κ2) is 5.07. The van der Waals surface area contributed by atoms with E-state index < -0.39 is 5.60 Å². The fraction of sp³-hybridized carbons (Fsp3) is 0.571. The van der Waals surface area contributed by atoms with E-state index in [1.807, 2.05) is 24.3 Å². The molecule has 1 aromatic rings. The molecule has 17 heavy (non-hydrogen) atoms. The van der Waals surface area contributed by atoms with E-state index in [0.717, 1.165) is 24.2 Å². The molecule has 0 aliphatic heterocycles. The first-order valence-corrected chi connectivity index (χ1v) is 6.09. The molecule has 0 saturated heterocycles. The summed E-state index contributed by atoms with van der Waals surface area (Å²) >= 11 is 0. The molecule has 3 heteroatoms. The van der Waals surface area contributed by atoms with Crippen molar-refractivity contribution in [1.82, 2.24) is 0 Å². The molecule has 94 valence electrons. The van der Waals surface area contributed by atoms with Gasteiger partial charge in [-0.3, -0.25) is 0 Å². The van der Waals surface area contributed by atoms with Crippen molar-refractivity contribution in [2.24, 2.45) is 5.92 Å². The number of aliphatic hydroxyl groups is 1. The molecule has 1 N–H and O–H groups in total. The molecule has 0 spiro atoms. The Morgan fingerprint density at radius 3 is 2.65 bits per heavy atom. The van der Waals surface area contributed by atoms with Crippen molar-refractivity contribution >= 4 is 0 Å². The summed E-state index contributed by atoms with van der Waals surface area (Å²) in [6, 6.07) is 7.73. The van der Waals surface area contributed by atoms with Crippen LogP contribution < -0.4 is 4.74 Å². The van der Waals surface area contributed by atoms with Gasteiger partial charge in [0.1, 0.15) is 12.4 Å². The minimum Gasteiger partial charge on any atom is -0.491 e.